The predicted molar refractivity (Wildman–Crippen MR) is 60.1 cm³/mol. The van der Waals surface area contributed by atoms with Gasteiger partial charge in [-0.2, -0.15) is 0 Å². The summed E-state index contributed by atoms with van der Waals surface area (Å²) in [6.45, 7) is 4.56. The lowest BCUT2D eigenvalue weighted by Crippen LogP contribution is -2.05. The molecule has 0 amide bonds. The van der Waals surface area contributed by atoms with E-state index in [0.29, 0.717) is 5.75 Å². The molecule has 0 spiro atoms. The molecule has 90 valence electrons. The monoisotopic (exact) mass is 236 g/mol. The minimum Gasteiger partial charge on any atom is -0.493 e. The van der Waals surface area contributed by atoms with Crippen molar-refractivity contribution in [3.05, 3.63) is 30.9 Å². The first-order chi connectivity index (χ1) is 8.06. The van der Waals surface area contributed by atoms with E-state index in [1.165, 1.54) is 32.2 Å². The van der Waals surface area contributed by atoms with E-state index in [1.54, 1.807) is 0 Å². The van der Waals surface area contributed by atoms with Gasteiger partial charge in [-0.15, -0.1) is 0 Å². The highest BCUT2D eigenvalue weighted by Gasteiger charge is 2.09. The van der Waals surface area contributed by atoms with Crippen molar-refractivity contribution < 1.29 is 23.8 Å². The Hall–Kier alpha value is -2.30. The summed E-state index contributed by atoms with van der Waals surface area (Å²) in [6.07, 6.45) is 1.05. The second-order valence-corrected chi connectivity index (χ2v) is 3.03. The van der Waals surface area contributed by atoms with Gasteiger partial charge in [0.05, 0.1) is 7.11 Å². The summed E-state index contributed by atoms with van der Waals surface area (Å²) in [6, 6.07) is 4.41. The Labute approximate surface area is 98.6 Å². The van der Waals surface area contributed by atoms with Gasteiger partial charge in [-0.1, -0.05) is 6.58 Å². The zero-order valence-electron chi connectivity index (χ0n) is 9.56. The zero-order chi connectivity index (χ0) is 12.8. The van der Waals surface area contributed by atoms with E-state index in [9.17, 15) is 9.59 Å². The lowest BCUT2D eigenvalue weighted by atomic mass is 10.3. The van der Waals surface area contributed by atoms with Crippen LogP contribution in [0.5, 0.6) is 17.2 Å². The molecule has 1 aromatic carbocycles. The number of carbonyl (C=O) groups is 2. The number of benzene rings is 1. The highest BCUT2D eigenvalue weighted by molar-refractivity contribution is 5.83. The summed E-state index contributed by atoms with van der Waals surface area (Å²) < 4.78 is 14.8. The number of methoxy groups -OCH3 is 1. The molecule has 0 unspecified atom stereocenters. The number of esters is 2. The van der Waals surface area contributed by atoms with Crippen LogP contribution in [0.2, 0.25) is 0 Å². The Morgan fingerprint density at radius 1 is 1.24 bits per heavy atom. The van der Waals surface area contributed by atoms with Gasteiger partial charge in [0.15, 0.2) is 11.5 Å². The third kappa shape index (κ3) is 3.64. The van der Waals surface area contributed by atoms with Gasteiger partial charge in [0, 0.05) is 19.1 Å². The Balaban J connectivity index is 2.95. The van der Waals surface area contributed by atoms with E-state index in [-0.39, 0.29) is 11.5 Å². The van der Waals surface area contributed by atoms with Gasteiger partial charge in [0.1, 0.15) is 5.75 Å². The summed E-state index contributed by atoms with van der Waals surface area (Å²) >= 11 is 0. The average Bonchev–Trinajstić information content (AvgIpc) is 2.30. The van der Waals surface area contributed by atoms with Crippen molar-refractivity contribution in [2.45, 2.75) is 6.92 Å². The quantitative estimate of drug-likeness (QED) is 0.452. The van der Waals surface area contributed by atoms with E-state index < -0.39 is 11.9 Å². The van der Waals surface area contributed by atoms with Crippen LogP contribution >= 0.6 is 0 Å². The molecule has 1 rings (SSSR count). The molecule has 0 atom stereocenters. The maximum Gasteiger partial charge on any atom is 0.335 e. The fourth-order valence-electron chi connectivity index (χ4n) is 1.11. The lowest BCUT2D eigenvalue weighted by Gasteiger charge is -2.09. The molecule has 0 aliphatic rings. The smallest absolute Gasteiger partial charge is 0.335 e. The number of hydrogen-bond acceptors (Lipinski definition) is 5. The van der Waals surface area contributed by atoms with Crippen LogP contribution in [0, 0.1) is 0 Å². The fourth-order valence-corrected chi connectivity index (χ4v) is 1.11. The van der Waals surface area contributed by atoms with Gasteiger partial charge >= 0.3 is 11.9 Å². The summed E-state index contributed by atoms with van der Waals surface area (Å²) in [5.74, 6) is -0.193. The largest absolute Gasteiger partial charge is 0.493 e. The summed E-state index contributed by atoms with van der Waals surface area (Å²) in [5.41, 5.74) is 0. The van der Waals surface area contributed by atoms with Crippen LogP contribution in [-0.4, -0.2) is 19.0 Å². The lowest BCUT2D eigenvalue weighted by molar-refractivity contribution is -0.132. The van der Waals surface area contributed by atoms with Gasteiger partial charge < -0.3 is 14.2 Å². The van der Waals surface area contributed by atoms with Crippen LogP contribution in [0.15, 0.2) is 30.9 Å². The molecule has 5 nitrogen and oxygen atoms in total. The SMILES string of the molecule is C=CC(=O)Oc1ccc(OC(C)=O)c(OC)c1. The van der Waals surface area contributed by atoms with Gasteiger partial charge in [-0.25, -0.2) is 4.79 Å². The summed E-state index contributed by atoms with van der Waals surface area (Å²) in [5, 5.41) is 0. The van der Waals surface area contributed by atoms with E-state index in [0.717, 1.165) is 6.08 Å². The molecule has 0 saturated carbocycles. The van der Waals surface area contributed by atoms with Crippen molar-refractivity contribution in [2.24, 2.45) is 0 Å². The van der Waals surface area contributed by atoms with Crippen molar-refractivity contribution in [3.8, 4) is 17.2 Å². The minimum atomic E-state index is -0.577. The molecular weight excluding hydrogens is 224 g/mol. The molecule has 0 bridgehead atoms. The highest BCUT2D eigenvalue weighted by Crippen LogP contribution is 2.31. The van der Waals surface area contributed by atoms with E-state index in [1.807, 2.05) is 0 Å². The van der Waals surface area contributed by atoms with Crippen molar-refractivity contribution in [3.63, 3.8) is 0 Å². The standard InChI is InChI=1S/C12H12O5/c1-4-12(14)17-9-5-6-10(16-8(2)13)11(7-9)15-3/h4-7H,1H2,2-3H3. The summed E-state index contributed by atoms with van der Waals surface area (Å²) in [7, 11) is 1.42. The van der Waals surface area contributed by atoms with Crippen molar-refractivity contribution in [2.75, 3.05) is 7.11 Å². The first kappa shape index (κ1) is 12.8. The predicted octanol–water partition coefficient (Wildman–Crippen LogP) is 1.71. The van der Waals surface area contributed by atoms with Crippen LogP contribution in [0.1, 0.15) is 6.92 Å². The second kappa shape index (κ2) is 5.69. The average molecular weight is 236 g/mol. The van der Waals surface area contributed by atoms with E-state index in [2.05, 4.69) is 6.58 Å². The molecular formula is C12H12O5. The van der Waals surface area contributed by atoms with Gasteiger partial charge in [0.2, 0.25) is 0 Å². The topological polar surface area (TPSA) is 61.8 Å². The van der Waals surface area contributed by atoms with Crippen LogP contribution in [-0.2, 0) is 9.59 Å². The maximum atomic E-state index is 11.0. The molecule has 0 aliphatic heterocycles. The molecule has 17 heavy (non-hydrogen) atoms. The number of hydrogen-bond donors (Lipinski definition) is 0. The number of rotatable bonds is 4. The Kier molecular flexibility index (Phi) is 4.28. The van der Waals surface area contributed by atoms with Gasteiger partial charge in [-0.05, 0) is 12.1 Å². The molecule has 1 aromatic rings. The van der Waals surface area contributed by atoms with Crippen LogP contribution in [0.25, 0.3) is 0 Å². The van der Waals surface area contributed by atoms with E-state index >= 15 is 0 Å². The molecule has 5 heteroatoms. The summed E-state index contributed by atoms with van der Waals surface area (Å²) in [4.78, 5) is 21.8. The molecule has 0 N–H and O–H groups in total. The minimum absolute atomic E-state index is 0.262. The Morgan fingerprint density at radius 3 is 2.47 bits per heavy atom. The Bertz CT molecular complexity index is 450. The molecule has 0 heterocycles. The third-order valence-corrected chi connectivity index (χ3v) is 1.77. The first-order valence-electron chi connectivity index (χ1n) is 4.77. The van der Waals surface area contributed by atoms with Crippen molar-refractivity contribution >= 4 is 11.9 Å². The normalized spacial score (nSPS) is 9.29. The van der Waals surface area contributed by atoms with Gasteiger partial charge in [-0.3, -0.25) is 4.79 Å². The molecule has 0 saturated heterocycles. The van der Waals surface area contributed by atoms with Crippen molar-refractivity contribution in [1.82, 2.24) is 0 Å². The molecule has 0 radical (unpaired) electrons. The molecule has 0 fully saturated rings. The third-order valence-electron chi connectivity index (χ3n) is 1.77. The maximum absolute atomic E-state index is 11.0. The van der Waals surface area contributed by atoms with Crippen LogP contribution in [0.3, 0.4) is 0 Å². The van der Waals surface area contributed by atoms with Crippen LogP contribution < -0.4 is 14.2 Å². The Morgan fingerprint density at radius 2 is 1.94 bits per heavy atom. The van der Waals surface area contributed by atoms with E-state index in [4.69, 9.17) is 14.2 Å². The molecule has 0 aromatic heterocycles. The highest BCUT2D eigenvalue weighted by atomic mass is 16.6. The zero-order valence-corrected chi connectivity index (χ0v) is 9.56. The number of ether oxygens (including phenoxy) is 3. The van der Waals surface area contributed by atoms with Crippen molar-refractivity contribution in [1.29, 1.82) is 0 Å². The van der Waals surface area contributed by atoms with Crippen LogP contribution in [0.4, 0.5) is 0 Å². The fraction of sp³-hybridized carbons (Fsp3) is 0.167. The first-order valence-corrected chi connectivity index (χ1v) is 4.77. The molecule has 0 aliphatic carbocycles. The number of carbonyl (C=O) groups excluding carboxylic acids is 2. The second-order valence-electron chi connectivity index (χ2n) is 3.03. The van der Waals surface area contributed by atoms with Gasteiger partial charge in [0.25, 0.3) is 0 Å².